The topological polar surface area (TPSA) is 86.0 Å². The van der Waals surface area contributed by atoms with Crippen molar-refractivity contribution in [1.29, 1.82) is 10.5 Å². The second-order valence-corrected chi connectivity index (χ2v) is 10.7. The molecular formula is C22H28N4S2. The number of fused-ring (bicyclic) bond motifs is 1. The number of benzene rings is 1. The van der Waals surface area contributed by atoms with Crippen molar-refractivity contribution in [2.45, 2.75) is 56.6 Å². The van der Waals surface area contributed by atoms with Crippen molar-refractivity contribution in [2.24, 2.45) is 21.6 Å². The van der Waals surface area contributed by atoms with E-state index in [9.17, 15) is 10.5 Å². The van der Waals surface area contributed by atoms with Crippen LogP contribution in [-0.4, -0.2) is 21.5 Å². The highest BCUT2D eigenvalue weighted by Crippen LogP contribution is 2.85. The van der Waals surface area contributed by atoms with Gasteiger partial charge in [-0.15, -0.1) is 23.5 Å². The van der Waals surface area contributed by atoms with Gasteiger partial charge in [0, 0.05) is 5.92 Å². The quantitative estimate of drug-likeness (QED) is 0.590. The zero-order valence-corrected chi connectivity index (χ0v) is 18.7. The lowest BCUT2D eigenvalue weighted by atomic mass is 9.96. The predicted molar refractivity (Wildman–Crippen MR) is 119 cm³/mol. The van der Waals surface area contributed by atoms with E-state index in [2.05, 4.69) is 64.1 Å². The van der Waals surface area contributed by atoms with E-state index >= 15 is 0 Å². The van der Waals surface area contributed by atoms with Crippen molar-refractivity contribution >= 4 is 29.4 Å². The average molecular weight is 413 g/mol. The summed E-state index contributed by atoms with van der Waals surface area (Å²) in [6, 6.07) is 13.4. The van der Waals surface area contributed by atoms with Crippen molar-refractivity contribution in [3.05, 3.63) is 35.4 Å². The second kappa shape index (κ2) is 7.65. The maximum absolute atomic E-state index is 10.4. The molecule has 1 aliphatic carbocycles. The molecule has 4 nitrogen and oxygen atoms in total. The van der Waals surface area contributed by atoms with Crippen LogP contribution in [0.2, 0.25) is 0 Å². The Balaban J connectivity index is 2.12. The molecule has 3 unspecified atom stereocenters. The van der Waals surface area contributed by atoms with Gasteiger partial charge < -0.3 is 5.73 Å². The van der Waals surface area contributed by atoms with Crippen LogP contribution in [0.15, 0.2) is 29.3 Å². The van der Waals surface area contributed by atoms with Crippen molar-refractivity contribution in [3.63, 3.8) is 0 Å². The third kappa shape index (κ3) is 2.61. The molecular weight excluding hydrogens is 384 g/mol. The van der Waals surface area contributed by atoms with Crippen molar-refractivity contribution in [2.75, 3.05) is 11.5 Å². The molecule has 0 saturated heterocycles. The Morgan fingerprint density at radius 1 is 1.07 bits per heavy atom. The highest BCUT2D eigenvalue weighted by Gasteiger charge is 2.91. The third-order valence-corrected chi connectivity index (χ3v) is 9.41. The van der Waals surface area contributed by atoms with Gasteiger partial charge in [-0.25, -0.2) is 4.99 Å². The third-order valence-electron chi connectivity index (χ3n) is 5.87. The van der Waals surface area contributed by atoms with Crippen LogP contribution < -0.4 is 5.73 Å². The first kappa shape index (κ1) is 21.1. The fourth-order valence-electron chi connectivity index (χ4n) is 4.41. The molecule has 0 radical (unpaired) electrons. The summed E-state index contributed by atoms with van der Waals surface area (Å²) in [5.74, 6) is 2.31. The number of nitrogens with two attached hydrogens (primary N) is 1. The molecule has 3 atom stereocenters. The standard InChI is InChI=1S/C22H28N4S2/c1-5-11-27-22(28-12-6-2)21(14-24)18(20(21,13-23)19(25)26-22)17-9-7-16(8-10-17)15(3)4/h7-10,15,18H,5-6,11-12H2,1-4H3,(H2,25,26). The van der Waals surface area contributed by atoms with Crippen LogP contribution in [0.5, 0.6) is 0 Å². The Morgan fingerprint density at radius 2 is 1.64 bits per heavy atom. The fraction of sp³-hybridized carbons (Fsp3) is 0.591. The van der Waals surface area contributed by atoms with Crippen molar-refractivity contribution in [3.8, 4) is 12.1 Å². The molecule has 1 saturated carbocycles. The lowest BCUT2D eigenvalue weighted by Gasteiger charge is -2.32. The van der Waals surface area contributed by atoms with Crippen molar-refractivity contribution in [1.82, 2.24) is 0 Å². The van der Waals surface area contributed by atoms with E-state index in [1.165, 1.54) is 5.56 Å². The Morgan fingerprint density at radius 3 is 2.07 bits per heavy atom. The molecule has 1 fully saturated rings. The first-order chi connectivity index (χ1) is 13.4. The van der Waals surface area contributed by atoms with Crippen LogP contribution in [0.3, 0.4) is 0 Å². The predicted octanol–water partition coefficient (Wildman–Crippen LogP) is 5.24. The van der Waals surface area contributed by atoms with Gasteiger partial charge in [-0.2, -0.15) is 10.5 Å². The summed E-state index contributed by atoms with van der Waals surface area (Å²) in [6.07, 6.45) is 1.98. The summed E-state index contributed by atoms with van der Waals surface area (Å²) in [5, 5.41) is 20.6. The molecule has 6 heteroatoms. The number of aliphatic imine (C=N–C) groups is 1. The largest absolute Gasteiger partial charge is 0.386 e. The summed E-state index contributed by atoms with van der Waals surface area (Å²) in [5.41, 5.74) is 6.72. The number of thioether (sulfide) groups is 2. The number of nitriles is 2. The normalized spacial score (nSPS) is 29.7. The van der Waals surface area contributed by atoms with E-state index in [0.29, 0.717) is 11.8 Å². The monoisotopic (exact) mass is 412 g/mol. The van der Waals surface area contributed by atoms with Gasteiger partial charge in [-0.1, -0.05) is 52.0 Å². The minimum Gasteiger partial charge on any atom is -0.386 e. The Bertz CT molecular complexity index is 841. The van der Waals surface area contributed by atoms with Gasteiger partial charge in [-0.3, -0.25) is 0 Å². The van der Waals surface area contributed by atoms with Crippen LogP contribution in [0.25, 0.3) is 0 Å². The maximum Gasteiger partial charge on any atom is 0.175 e. The molecule has 148 valence electrons. The van der Waals surface area contributed by atoms with E-state index in [-0.39, 0.29) is 5.92 Å². The van der Waals surface area contributed by atoms with Gasteiger partial charge in [0.2, 0.25) is 0 Å². The van der Waals surface area contributed by atoms with Crippen LogP contribution in [0.1, 0.15) is 63.5 Å². The molecule has 0 amide bonds. The van der Waals surface area contributed by atoms with Crippen molar-refractivity contribution < 1.29 is 0 Å². The van der Waals surface area contributed by atoms with Gasteiger partial charge in [0.1, 0.15) is 16.7 Å². The summed E-state index contributed by atoms with van der Waals surface area (Å²) in [6.45, 7) is 8.57. The van der Waals surface area contributed by atoms with E-state index in [0.717, 1.165) is 29.9 Å². The summed E-state index contributed by atoms with van der Waals surface area (Å²) in [7, 11) is 0. The molecule has 28 heavy (non-hydrogen) atoms. The zero-order chi connectivity index (χ0) is 20.6. The second-order valence-electron chi connectivity index (χ2n) is 7.87. The molecule has 2 aliphatic rings. The minimum absolute atomic E-state index is 0.234. The molecule has 0 bridgehead atoms. The first-order valence-corrected chi connectivity index (χ1v) is 11.9. The maximum atomic E-state index is 10.4. The Labute approximate surface area is 177 Å². The highest BCUT2D eigenvalue weighted by atomic mass is 32.2. The Hall–Kier alpha value is -1.63. The number of rotatable bonds is 8. The summed E-state index contributed by atoms with van der Waals surface area (Å²) >= 11 is 3.38. The smallest absolute Gasteiger partial charge is 0.175 e. The van der Waals surface area contributed by atoms with Crippen LogP contribution >= 0.6 is 23.5 Å². The van der Waals surface area contributed by atoms with E-state index in [4.69, 9.17) is 10.7 Å². The van der Waals surface area contributed by atoms with E-state index < -0.39 is 15.0 Å². The van der Waals surface area contributed by atoms with E-state index in [1.807, 2.05) is 0 Å². The Kier molecular flexibility index (Phi) is 5.76. The average Bonchev–Trinajstić information content (AvgIpc) is 3.28. The van der Waals surface area contributed by atoms with Crippen LogP contribution in [0.4, 0.5) is 0 Å². The number of amidine groups is 1. The van der Waals surface area contributed by atoms with Gasteiger partial charge in [0.25, 0.3) is 0 Å². The summed E-state index contributed by atoms with van der Waals surface area (Å²) in [4.78, 5) is 4.81. The number of hydrogen-bond donors (Lipinski definition) is 1. The number of hydrogen-bond acceptors (Lipinski definition) is 6. The highest BCUT2D eigenvalue weighted by molar-refractivity contribution is 8.18. The zero-order valence-electron chi connectivity index (χ0n) is 17.0. The molecule has 2 N–H and O–H groups in total. The van der Waals surface area contributed by atoms with E-state index in [1.54, 1.807) is 23.5 Å². The van der Waals surface area contributed by atoms with Crippen LogP contribution in [-0.2, 0) is 0 Å². The van der Waals surface area contributed by atoms with Gasteiger partial charge in [0.15, 0.2) is 4.20 Å². The molecule has 3 rings (SSSR count). The molecule has 0 spiro atoms. The summed E-state index contributed by atoms with van der Waals surface area (Å²) < 4.78 is -0.713. The molecule has 1 aliphatic heterocycles. The molecule has 1 aromatic rings. The van der Waals surface area contributed by atoms with Crippen LogP contribution in [0, 0.1) is 33.5 Å². The fourth-order valence-corrected chi connectivity index (χ4v) is 7.64. The lowest BCUT2D eigenvalue weighted by molar-refractivity contribution is 0.563. The molecule has 1 aromatic carbocycles. The van der Waals surface area contributed by atoms with Gasteiger partial charge in [-0.05, 0) is 41.4 Å². The SMILES string of the molecule is CCCSC1(SCCC)N=C(N)C2(C#N)C(c3ccc(C(C)C)cc3)C12C#N. The molecule has 1 heterocycles. The lowest BCUT2D eigenvalue weighted by Crippen LogP contribution is -2.32. The minimum atomic E-state index is -1.03. The number of nitrogens with zero attached hydrogens (tertiary/aromatic N) is 3. The molecule has 0 aromatic heterocycles. The first-order valence-electron chi connectivity index (χ1n) is 9.96. The van der Waals surface area contributed by atoms with Gasteiger partial charge >= 0.3 is 0 Å². The van der Waals surface area contributed by atoms with Gasteiger partial charge in [0.05, 0.1) is 12.1 Å².